The van der Waals surface area contributed by atoms with E-state index in [-0.39, 0.29) is 36.8 Å². The van der Waals surface area contributed by atoms with E-state index >= 15 is 0 Å². The van der Waals surface area contributed by atoms with Gasteiger partial charge in [0.1, 0.15) is 0 Å². The first-order valence-electron chi connectivity index (χ1n) is 9.47. The van der Waals surface area contributed by atoms with Crippen molar-refractivity contribution in [1.82, 2.24) is 9.80 Å². The summed E-state index contributed by atoms with van der Waals surface area (Å²) in [5, 5.41) is 0. The standard InChI is InChI=1S/C20H26F2N2O3/c1-12-16(4-5-17(26-2)18(12)27-3)19(25)24-11-14-6-15(24)10-23(14)9-13-7-20(21,22)8-13/h4-5,13-15H,6-11H2,1-3H3/t14-,15-/m0/s1. The number of methoxy groups -OCH3 is 2. The fourth-order valence-corrected chi connectivity index (χ4v) is 4.93. The van der Waals surface area contributed by atoms with Crippen molar-refractivity contribution < 1.29 is 23.0 Å². The van der Waals surface area contributed by atoms with Gasteiger partial charge in [-0.2, -0.15) is 0 Å². The molecule has 1 aliphatic carbocycles. The highest BCUT2D eigenvalue weighted by Crippen LogP contribution is 2.44. The van der Waals surface area contributed by atoms with Crippen LogP contribution < -0.4 is 9.47 Å². The van der Waals surface area contributed by atoms with Crippen LogP contribution in [0.25, 0.3) is 0 Å². The van der Waals surface area contributed by atoms with E-state index in [9.17, 15) is 13.6 Å². The zero-order valence-corrected chi connectivity index (χ0v) is 16.0. The van der Waals surface area contributed by atoms with Gasteiger partial charge in [-0.1, -0.05) is 0 Å². The molecular weight excluding hydrogens is 354 g/mol. The molecule has 1 aromatic carbocycles. The minimum Gasteiger partial charge on any atom is -0.493 e. The summed E-state index contributed by atoms with van der Waals surface area (Å²) in [5.41, 5.74) is 1.41. The molecule has 0 aromatic heterocycles. The van der Waals surface area contributed by atoms with Crippen molar-refractivity contribution in [3.63, 3.8) is 0 Å². The van der Waals surface area contributed by atoms with Gasteiger partial charge in [0, 0.05) is 55.7 Å². The SMILES string of the molecule is COc1ccc(C(=O)N2C[C@@H]3C[C@H]2CN3CC2CC(F)(F)C2)c(C)c1OC. The van der Waals surface area contributed by atoms with Crippen molar-refractivity contribution in [2.45, 2.75) is 44.2 Å². The summed E-state index contributed by atoms with van der Waals surface area (Å²) in [7, 11) is 3.14. The molecule has 0 spiro atoms. The summed E-state index contributed by atoms with van der Waals surface area (Å²) in [5.74, 6) is -1.17. The molecule has 4 rings (SSSR count). The lowest BCUT2D eigenvalue weighted by molar-refractivity contribution is -0.118. The van der Waals surface area contributed by atoms with E-state index in [2.05, 4.69) is 4.90 Å². The van der Waals surface area contributed by atoms with Crippen molar-refractivity contribution in [3.05, 3.63) is 23.3 Å². The second-order valence-corrected chi connectivity index (χ2v) is 8.06. The largest absolute Gasteiger partial charge is 0.493 e. The van der Waals surface area contributed by atoms with Crippen LogP contribution in [0.1, 0.15) is 35.2 Å². The summed E-state index contributed by atoms with van der Waals surface area (Å²) in [6.45, 7) is 4.05. The predicted octanol–water partition coefficient (Wildman–Crippen LogP) is 2.96. The number of rotatable bonds is 5. The van der Waals surface area contributed by atoms with E-state index in [1.165, 1.54) is 0 Å². The first kappa shape index (κ1) is 18.5. The van der Waals surface area contributed by atoms with Crippen molar-refractivity contribution >= 4 is 5.91 Å². The van der Waals surface area contributed by atoms with Crippen LogP contribution in [0.5, 0.6) is 11.5 Å². The molecule has 1 amide bonds. The van der Waals surface area contributed by atoms with E-state index in [4.69, 9.17) is 9.47 Å². The van der Waals surface area contributed by atoms with Gasteiger partial charge in [-0.05, 0) is 31.4 Å². The Bertz CT molecular complexity index is 747. The number of amides is 1. The quantitative estimate of drug-likeness (QED) is 0.788. The first-order valence-corrected chi connectivity index (χ1v) is 9.47. The fraction of sp³-hybridized carbons (Fsp3) is 0.650. The molecule has 3 aliphatic rings. The highest BCUT2D eigenvalue weighted by Gasteiger charge is 2.50. The number of nitrogens with zero attached hydrogens (tertiary/aromatic N) is 2. The Labute approximate surface area is 158 Å². The Hall–Kier alpha value is -1.89. The summed E-state index contributed by atoms with van der Waals surface area (Å²) in [6, 6.07) is 4.00. The average molecular weight is 380 g/mol. The van der Waals surface area contributed by atoms with Crippen LogP contribution in [-0.2, 0) is 0 Å². The molecule has 2 atom stereocenters. The van der Waals surface area contributed by atoms with E-state index < -0.39 is 5.92 Å². The molecule has 0 unspecified atom stereocenters. The fourth-order valence-electron chi connectivity index (χ4n) is 4.93. The second kappa shape index (κ2) is 6.62. The number of hydrogen-bond donors (Lipinski definition) is 0. The third-order valence-electron chi connectivity index (χ3n) is 6.31. The number of halogens is 2. The van der Waals surface area contributed by atoms with Crippen LogP contribution in [0.3, 0.4) is 0 Å². The Balaban J connectivity index is 1.43. The highest BCUT2D eigenvalue weighted by molar-refractivity contribution is 5.97. The topological polar surface area (TPSA) is 42.0 Å². The zero-order valence-electron chi connectivity index (χ0n) is 16.0. The van der Waals surface area contributed by atoms with Gasteiger partial charge in [-0.3, -0.25) is 9.69 Å². The Kier molecular flexibility index (Phi) is 4.53. The van der Waals surface area contributed by atoms with Crippen molar-refractivity contribution in [1.29, 1.82) is 0 Å². The van der Waals surface area contributed by atoms with Crippen LogP contribution in [-0.4, -0.2) is 67.6 Å². The van der Waals surface area contributed by atoms with Gasteiger partial charge < -0.3 is 14.4 Å². The summed E-state index contributed by atoms with van der Waals surface area (Å²) in [4.78, 5) is 17.4. The minimum atomic E-state index is -2.46. The van der Waals surface area contributed by atoms with E-state index in [1.807, 2.05) is 11.8 Å². The van der Waals surface area contributed by atoms with Crippen LogP contribution >= 0.6 is 0 Å². The molecule has 1 aromatic rings. The Morgan fingerprint density at radius 1 is 1.19 bits per heavy atom. The van der Waals surface area contributed by atoms with Crippen LogP contribution in [0.4, 0.5) is 8.78 Å². The van der Waals surface area contributed by atoms with Crippen LogP contribution in [0.15, 0.2) is 12.1 Å². The van der Waals surface area contributed by atoms with Gasteiger partial charge in [0.05, 0.1) is 14.2 Å². The molecule has 7 heteroatoms. The first-order chi connectivity index (χ1) is 12.8. The van der Waals surface area contributed by atoms with E-state index in [1.54, 1.807) is 26.4 Å². The number of likely N-dealkylation sites (tertiary alicyclic amines) is 2. The molecule has 2 bridgehead atoms. The average Bonchev–Trinajstić information content (AvgIpc) is 3.19. The normalized spacial score (nSPS) is 26.9. The maximum Gasteiger partial charge on any atom is 0.254 e. The summed E-state index contributed by atoms with van der Waals surface area (Å²) < 4.78 is 36.8. The third kappa shape index (κ3) is 3.16. The number of hydrogen-bond acceptors (Lipinski definition) is 4. The van der Waals surface area contributed by atoms with Gasteiger partial charge in [0.15, 0.2) is 11.5 Å². The number of piperazine rings is 1. The van der Waals surface area contributed by atoms with Gasteiger partial charge in [-0.25, -0.2) is 8.78 Å². The molecule has 0 radical (unpaired) electrons. The Morgan fingerprint density at radius 3 is 2.48 bits per heavy atom. The van der Waals surface area contributed by atoms with Gasteiger partial charge in [-0.15, -0.1) is 0 Å². The maximum atomic E-state index is 13.1. The number of carbonyl (C=O) groups excluding carboxylic acids is 1. The number of carbonyl (C=O) groups is 1. The lowest BCUT2D eigenvalue weighted by Gasteiger charge is -2.41. The van der Waals surface area contributed by atoms with Crippen LogP contribution in [0, 0.1) is 12.8 Å². The molecule has 5 nitrogen and oxygen atoms in total. The van der Waals surface area contributed by atoms with Crippen molar-refractivity contribution in [2.75, 3.05) is 33.9 Å². The number of ether oxygens (including phenoxy) is 2. The third-order valence-corrected chi connectivity index (χ3v) is 6.31. The highest BCUT2D eigenvalue weighted by atomic mass is 19.3. The van der Waals surface area contributed by atoms with Crippen molar-refractivity contribution in [3.8, 4) is 11.5 Å². The smallest absolute Gasteiger partial charge is 0.254 e. The number of alkyl halides is 2. The number of benzene rings is 1. The molecule has 27 heavy (non-hydrogen) atoms. The van der Waals surface area contributed by atoms with E-state index in [0.29, 0.717) is 23.6 Å². The van der Waals surface area contributed by atoms with Gasteiger partial charge in [0.25, 0.3) is 5.91 Å². The van der Waals surface area contributed by atoms with Crippen LogP contribution in [0.2, 0.25) is 0 Å². The lowest BCUT2D eigenvalue weighted by atomic mass is 9.81. The molecular formula is C20H26F2N2O3. The second-order valence-electron chi connectivity index (χ2n) is 8.06. The lowest BCUT2D eigenvalue weighted by Crippen LogP contribution is -2.52. The molecule has 2 heterocycles. The van der Waals surface area contributed by atoms with E-state index in [0.717, 1.165) is 25.1 Å². The molecule has 2 saturated heterocycles. The van der Waals surface area contributed by atoms with Gasteiger partial charge in [0.2, 0.25) is 5.92 Å². The summed E-state index contributed by atoms with van der Waals surface area (Å²) in [6.07, 6.45) is 0.948. The number of fused-ring (bicyclic) bond motifs is 2. The molecule has 1 saturated carbocycles. The maximum absolute atomic E-state index is 13.1. The van der Waals surface area contributed by atoms with Crippen molar-refractivity contribution in [2.24, 2.45) is 5.92 Å². The molecule has 148 valence electrons. The Morgan fingerprint density at radius 2 is 1.93 bits per heavy atom. The zero-order chi connectivity index (χ0) is 19.3. The predicted molar refractivity (Wildman–Crippen MR) is 96.8 cm³/mol. The minimum absolute atomic E-state index is 0.00830. The monoisotopic (exact) mass is 380 g/mol. The molecule has 3 fully saturated rings. The molecule has 0 N–H and O–H groups in total. The molecule has 2 aliphatic heterocycles. The van der Waals surface area contributed by atoms with Gasteiger partial charge >= 0.3 is 0 Å². The summed E-state index contributed by atoms with van der Waals surface area (Å²) >= 11 is 0.